The standard InChI is InChI=1S/C20H29N3/c1-2-11-21(10-1)18-8-14-23-15-9-19(22-12-3-4-13-22)17-7-5-6-16(18)20(17)23/h5-7,18-19H,1-4,8-15H2/t18-,19-/m1/s1. The first-order valence-electron chi connectivity index (χ1n) is 9.78. The van der Waals surface area contributed by atoms with E-state index in [9.17, 15) is 0 Å². The molecule has 2 atom stereocenters. The second-order valence-corrected chi connectivity index (χ2v) is 7.87. The predicted octanol–water partition coefficient (Wildman–Crippen LogP) is 3.57. The zero-order chi connectivity index (χ0) is 15.2. The Bertz CT molecular complexity index is 526. The first-order valence-corrected chi connectivity index (χ1v) is 9.78. The molecule has 3 heteroatoms. The highest BCUT2D eigenvalue weighted by Crippen LogP contribution is 2.47. The largest absolute Gasteiger partial charge is 0.371 e. The zero-order valence-electron chi connectivity index (χ0n) is 14.2. The lowest BCUT2D eigenvalue weighted by Gasteiger charge is -2.46. The minimum absolute atomic E-state index is 0.682. The number of hydrogen-bond acceptors (Lipinski definition) is 3. The molecule has 0 amide bonds. The van der Waals surface area contributed by atoms with Crippen molar-refractivity contribution in [3.05, 3.63) is 29.3 Å². The Hall–Kier alpha value is -1.06. The summed E-state index contributed by atoms with van der Waals surface area (Å²) >= 11 is 0. The minimum Gasteiger partial charge on any atom is -0.371 e. The van der Waals surface area contributed by atoms with Gasteiger partial charge in [0, 0.05) is 30.9 Å². The summed E-state index contributed by atoms with van der Waals surface area (Å²) in [6, 6.07) is 8.57. The summed E-state index contributed by atoms with van der Waals surface area (Å²) in [5, 5.41) is 0. The molecule has 0 aliphatic carbocycles. The highest BCUT2D eigenvalue weighted by Gasteiger charge is 2.37. The summed E-state index contributed by atoms with van der Waals surface area (Å²) in [6.45, 7) is 7.76. The van der Waals surface area contributed by atoms with Crippen molar-refractivity contribution in [2.24, 2.45) is 0 Å². The van der Waals surface area contributed by atoms with Crippen molar-refractivity contribution in [3.8, 4) is 0 Å². The molecule has 2 saturated heterocycles. The molecule has 0 radical (unpaired) electrons. The fraction of sp³-hybridized carbons (Fsp3) is 0.700. The van der Waals surface area contributed by atoms with E-state index < -0.39 is 0 Å². The molecule has 0 bridgehead atoms. The molecule has 0 unspecified atom stereocenters. The van der Waals surface area contributed by atoms with Gasteiger partial charge in [0.1, 0.15) is 0 Å². The number of nitrogens with zero attached hydrogens (tertiary/aromatic N) is 3. The van der Waals surface area contributed by atoms with Crippen molar-refractivity contribution in [2.75, 3.05) is 44.2 Å². The molecule has 0 saturated carbocycles. The van der Waals surface area contributed by atoms with Crippen LogP contribution in [0.5, 0.6) is 0 Å². The zero-order valence-corrected chi connectivity index (χ0v) is 14.2. The quantitative estimate of drug-likeness (QED) is 0.826. The maximum absolute atomic E-state index is 2.76. The summed E-state index contributed by atoms with van der Waals surface area (Å²) < 4.78 is 0. The molecule has 4 heterocycles. The summed E-state index contributed by atoms with van der Waals surface area (Å²) in [5.74, 6) is 0. The van der Waals surface area contributed by atoms with E-state index in [1.807, 2.05) is 0 Å². The van der Waals surface area contributed by atoms with Crippen molar-refractivity contribution in [1.29, 1.82) is 0 Å². The van der Waals surface area contributed by atoms with Crippen molar-refractivity contribution in [1.82, 2.24) is 9.80 Å². The molecular weight excluding hydrogens is 282 g/mol. The van der Waals surface area contributed by atoms with E-state index in [0.717, 1.165) is 0 Å². The van der Waals surface area contributed by atoms with Crippen LogP contribution in [-0.4, -0.2) is 49.1 Å². The Kier molecular flexibility index (Phi) is 3.60. The van der Waals surface area contributed by atoms with Gasteiger partial charge in [-0.05, 0) is 75.8 Å². The lowest BCUT2D eigenvalue weighted by Crippen LogP contribution is -2.43. The first-order chi connectivity index (χ1) is 11.4. The maximum Gasteiger partial charge on any atom is 0.0463 e. The Morgan fingerprint density at radius 3 is 1.61 bits per heavy atom. The van der Waals surface area contributed by atoms with Crippen molar-refractivity contribution < 1.29 is 0 Å². The molecular formula is C20H29N3. The van der Waals surface area contributed by atoms with Crippen LogP contribution >= 0.6 is 0 Å². The van der Waals surface area contributed by atoms with Gasteiger partial charge < -0.3 is 4.90 Å². The highest BCUT2D eigenvalue weighted by molar-refractivity contribution is 5.65. The van der Waals surface area contributed by atoms with Gasteiger partial charge in [0.2, 0.25) is 0 Å². The summed E-state index contributed by atoms with van der Waals surface area (Å²) in [7, 11) is 0. The second kappa shape index (κ2) is 5.78. The van der Waals surface area contributed by atoms with Gasteiger partial charge in [0.15, 0.2) is 0 Å². The molecule has 0 spiro atoms. The molecule has 0 aromatic heterocycles. The fourth-order valence-electron chi connectivity index (χ4n) is 5.55. The van der Waals surface area contributed by atoms with E-state index in [-0.39, 0.29) is 0 Å². The number of para-hydroxylation sites is 1. The molecule has 4 aliphatic rings. The SMILES string of the molecule is c1cc2c3c(c1)[C@H](N1CCCC1)CCN3CC[C@H]2N1CCCC1. The van der Waals surface area contributed by atoms with Crippen molar-refractivity contribution in [3.63, 3.8) is 0 Å². The van der Waals surface area contributed by atoms with E-state index in [0.29, 0.717) is 12.1 Å². The van der Waals surface area contributed by atoms with Gasteiger partial charge in [-0.3, -0.25) is 9.80 Å². The Morgan fingerprint density at radius 2 is 1.13 bits per heavy atom. The number of anilines is 1. The number of likely N-dealkylation sites (tertiary alicyclic amines) is 2. The van der Waals surface area contributed by atoms with E-state index >= 15 is 0 Å². The highest BCUT2D eigenvalue weighted by atomic mass is 15.2. The second-order valence-electron chi connectivity index (χ2n) is 7.87. The van der Waals surface area contributed by atoms with Crippen LogP contribution in [0.25, 0.3) is 0 Å². The monoisotopic (exact) mass is 311 g/mol. The molecule has 1 aromatic rings. The summed E-state index contributed by atoms with van der Waals surface area (Å²) in [5.41, 5.74) is 4.90. The van der Waals surface area contributed by atoms with E-state index in [1.165, 1.54) is 77.8 Å². The van der Waals surface area contributed by atoms with Gasteiger partial charge in [-0.1, -0.05) is 18.2 Å². The molecule has 23 heavy (non-hydrogen) atoms. The van der Waals surface area contributed by atoms with E-state index in [1.54, 1.807) is 16.8 Å². The smallest absolute Gasteiger partial charge is 0.0463 e. The predicted molar refractivity (Wildman–Crippen MR) is 95.0 cm³/mol. The van der Waals surface area contributed by atoms with Gasteiger partial charge >= 0.3 is 0 Å². The minimum atomic E-state index is 0.682. The Labute approximate surface area is 140 Å². The normalized spacial score (nSPS) is 31.6. The number of benzene rings is 1. The third kappa shape index (κ3) is 2.32. The maximum atomic E-state index is 2.76. The average Bonchev–Trinajstić information content (AvgIpc) is 3.30. The molecule has 0 N–H and O–H groups in total. The van der Waals surface area contributed by atoms with Crippen molar-refractivity contribution in [2.45, 2.75) is 50.6 Å². The van der Waals surface area contributed by atoms with Crippen LogP contribution in [0.2, 0.25) is 0 Å². The summed E-state index contributed by atoms with van der Waals surface area (Å²) in [4.78, 5) is 8.21. The Morgan fingerprint density at radius 1 is 0.652 bits per heavy atom. The van der Waals surface area contributed by atoms with E-state index in [4.69, 9.17) is 0 Å². The topological polar surface area (TPSA) is 9.72 Å². The van der Waals surface area contributed by atoms with Gasteiger partial charge in [-0.15, -0.1) is 0 Å². The van der Waals surface area contributed by atoms with Crippen LogP contribution in [0.4, 0.5) is 5.69 Å². The third-order valence-corrected chi connectivity index (χ3v) is 6.64. The van der Waals surface area contributed by atoms with Crippen LogP contribution in [0, 0.1) is 0 Å². The van der Waals surface area contributed by atoms with Crippen LogP contribution in [-0.2, 0) is 0 Å². The Balaban J connectivity index is 1.54. The molecule has 4 aliphatic heterocycles. The molecule has 5 rings (SSSR count). The van der Waals surface area contributed by atoms with Gasteiger partial charge in [-0.25, -0.2) is 0 Å². The van der Waals surface area contributed by atoms with Gasteiger partial charge in [0.05, 0.1) is 0 Å². The molecule has 1 aromatic carbocycles. The molecule has 124 valence electrons. The van der Waals surface area contributed by atoms with Gasteiger partial charge in [-0.2, -0.15) is 0 Å². The van der Waals surface area contributed by atoms with Crippen LogP contribution in [0.3, 0.4) is 0 Å². The van der Waals surface area contributed by atoms with E-state index in [2.05, 4.69) is 32.9 Å². The van der Waals surface area contributed by atoms with Crippen LogP contribution in [0.1, 0.15) is 61.7 Å². The van der Waals surface area contributed by atoms with Crippen LogP contribution in [0.15, 0.2) is 18.2 Å². The average molecular weight is 311 g/mol. The molecule has 3 nitrogen and oxygen atoms in total. The third-order valence-electron chi connectivity index (χ3n) is 6.64. The van der Waals surface area contributed by atoms with Crippen molar-refractivity contribution >= 4 is 5.69 Å². The number of hydrogen-bond donors (Lipinski definition) is 0. The molecule has 2 fully saturated rings. The number of rotatable bonds is 2. The van der Waals surface area contributed by atoms with Gasteiger partial charge in [0.25, 0.3) is 0 Å². The summed E-state index contributed by atoms with van der Waals surface area (Å²) in [6.07, 6.45) is 8.23. The van der Waals surface area contributed by atoms with Crippen LogP contribution < -0.4 is 4.90 Å². The fourth-order valence-corrected chi connectivity index (χ4v) is 5.55. The first kappa shape index (κ1) is 14.3. The lowest BCUT2D eigenvalue weighted by atomic mass is 9.86. The lowest BCUT2D eigenvalue weighted by molar-refractivity contribution is 0.211.